The predicted octanol–water partition coefficient (Wildman–Crippen LogP) is 3.63. The molecule has 6 heteroatoms. The Morgan fingerprint density at radius 3 is 2.52 bits per heavy atom. The average molecular weight is 293 g/mol. The van der Waals surface area contributed by atoms with Crippen molar-refractivity contribution in [3.05, 3.63) is 39.7 Å². The molecule has 0 bridgehead atoms. The third-order valence-corrected chi connectivity index (χ3v) is 4.02. The largest absolute Gasteiger partial charge is 0.322 e. The summed E-state index contributed by atoms with van der Waals surface area (Å²) in [5.41, 5.74) is 4.47. The zero-order valence-corrected chi connectivity index (χ0v) is 12.5. The Morgan fingerprint density at radius 1 is 1.43 bits per heavy atom. The summed E-state index contributed by atoms with van der Waals surface area (Å²) in [5.74, 6) is -0.569. The Kier molecular flexibility index (Phi) is 5.02. The molecule has 1 aromatic rings. The highest BCUT2D eigenvalue weighted by molar-refractivity contribution is 5.38. The van der Waals surface area contributed by atoms with Gasteiger partial charge in [0.05, 0.1) is 16.4 Å². The van der Waals surface area contributed by atoms with Gasteiger partial charge in [-0.05, 0) is 39.2 Å². The van der Waals surface area contributed by atoms with Crippen molar-refractivity contribution in [1.29, 1.82) is 5.26 Å². The van der Waals surface area contributed by atoms with E-state index in [9.17, 15) is 14.5 Å². The van der Waals surface area contributed by atoms with E-state index in [0.29, 0.717) is 19.3 Å². The molecule has 0 fully saturated rings. The van der Waals surface area contributed by atoms with Crippen molar-refractivity contribution in [2.24, 2.45) is 11.1 Å². The third kappa shape index (κ3) is 3.99. The van der Waals surface area contributed by atoms with Gasteiger partial charge in [0, 0.05) is 23.2 Å². The van der Waals surface area contributed by atoms with E-state index in [4.69, 9.17) is 11.0 Å². The van der Waals surface area contributed by atoms with Crippen molar-refractivity contribution < 1.29 is 9.31 Å². The summed E-state index contributed by atoms with van der Waals surface area (Å²) in [6.45, 7) is 5.36. The summed E-state index contributed by atoms with van der Waals surface area (Å²) in [5, 5.41) is 20.0. The van der Waals surface area contributed by atoms with E-state index < -0.39 is 21.7 Å². The van der Waals surface area contributed by atoms with Gasteiger partial charge < -0.3 is 5.73 Å². The lowest BCUT2D eigenvalue weighted by atomic mass is 9.78. The molecule has 0 amide bonds. The lowest BCUT2D eigenvalue weighted by Gasteiger charge is -2.29. The minimum Gasteiger partial charge on any atom is -0.322 e. The number of rotatable bonds is 6. The van der Waals surface area contributed by atoms with E-state index in [2.05, 4.69) is 6.07 Å². The van der Waals surface area contributed by atoms with E-state index in [-0.39, 0.29) is 11.3 Å². The summed E-state index contributed by atoms with van der Waals surface area (Å²) in [4.78, 5) is 10.2. The number of non-ortho nitro benzene ring substituents is 1. The normalized spacial score (nSPS) is 16.6. The van der Waals surface area contributed by atoms with Gasteiger partial charge in [0.15, 0.2) is 0 Å². The van der Waals surface area contributed by atoms with Crippen molar-refractivity contribution in [3.8, 4) is 6.07 Å². The van der Waals surface area contributed by atoms with Gasteiger partial charge in [0.25, 0.3) is 5.69 Å². The number of halogens is 1. The topological polar surface area (TPSA) is 93.0 Å². The highest BCUT2D eigenvalue weighted by Gasteiger charge is 2.31. The first-order valence-electron chi connectivity index (χ1n) is 6.80. The number of benzene rings is 1. The molecule has 1 rings (SSSR count). The van der Waals surface area contributed by atoms with Crippen LogP contribution in [0.2, 0.25) is 0 Å². The van der Waals surface area contributed by atoms with Crippen LogP contribution in [0.1, 0.15) is 45.6 Å². The molecule has 0 saturated heterocycles. The molecule has 2 N–H and O–H groups in total. The first kappa shape index (κ1) is 17.1. The summed E-state index contributed by atoms with van der Waals surface area (Å²) < 4.78 is 13.9. The van der Waals surface area contributed by atoms with Gasteiger partial charge >= 0.3 is 0 Å². The molecular weight excluding hydrogens is 273 g/mol. The van der Waals surface area contributed by atoms with E-state index in [1.54, 1.807) is 6.92 Å². The van der Waals surface area contributed by atoms with Gasteiger partial charge in [-0.2, -0.15) is 5.26 Å². The van der Waals surface area contributed by atoms with Crippen LogP contribution in [-0.2, 0) is 5.54 Å². The average Bonchev–Trinajstić information content (AvgIpc) is 2.45. The minimum absolute atomic E-state index is 0.105. The van der Waals surface area contributed by atoms with E-state index in [1.807, 2.05) is 13.8 Å². The van der Waals surface area contributed by atoms with E-state index in [1.165, 1.54) is 6.07 Å². The molecule has 0 aliphatic rings. The smallest absolute Gasteiger partial charge is 0.269 e. The molecular formula is C15H20FN3O2. The Morgan fingerprint density at radius 2 is 2.05 bits per heavy atom. The maximum atomic E-state index is 13.9. The monoisotopic (exact) mass is 293 g/mol. The van der Waals surface area contributed by atoms with E-state index >= 15 is 0 Å². The van der Waals surface area contributed by atoms with E-state index in [0.717, 1.165) is 12.1 Å². The quantitative estimate of drug-likeness (QED) is 0.640. The Balaban J connectivity index is 3.05. The summed E-state index contributed by atoms with van der Waals surface area (Å²) in [6, 6.07) is 5.58. The molecule has 0 heterocycles. The van der Waals surface area contributed by atoms with Gasteiger partial charge in [0.1, 0.15) is 5.82 Å². The van der Waals surface area contributed by atoms with Gasteiger partial charge in [-0.3, -0.25) is 10.1 Å². The van der Waals surface area contributed by atoms with Crippen LogP contribution in [0.25, 0.3) is 0 Å². The molecule has 114 valence electrons. The maximum Gasteiger partial charge on any atom is 0.269 e. The van der Waals surface area contributed by atoms with Gasteiger partial charge in [0.2, 0.25) is 0 Å². The van der Waals surface area contributed by atoms with Crippen molar-refractivity contribution in [3.63, 3.8) is 0 Å². The third-order valence-electron chi connectivity index (χ3n) is 4.02. The lowest BCUT2D eigenvalue weighted by Crippen LogP contribution is -2.35. The number of nitro groups is 1. The zero-order chi connectivity index (χ0) is 16.3. The Labute approximate surface area is 123 Å². The van der Waals surface area contributed by atoms with Crippen molar-refractivity contribution in [1.82, 2.24) is 0 Å². The first-order chi connectivity index (χ1) is 9.65. The number of nitriles is 1. The SMILES string of the molecule is CCC(C)(C#N)CC[C@](C)(N)c1cc([N+](=O)[O-])ccc1F. The number of nitrogens with zero attached hydrogens (tertiary/aromatic N) is 2. The maximum absolute atomic E-state index is 13.9. The number of hydrogen-bond acceptors (Lipinski definition) is 4. The second-order valence-corrected chi connectivity index (χ2v) is 5.86. The van der Waals surface area contributed by atoms with Gasteiger partial charge in [-0.25, -0.2) is 4.39 Å². The number of hydrogen-bond donors (Lipinski definition) is 1. The number of nitro benzene ring substituents is 1. The van der Waals surface area contributed by atoms with Crippen LogP contribution in [0.15, 0.2) is 18.2 Å². The van der Waals surface area contributed by atoms with Crippen LogP contribution in [0.5, 0.6) is 0 Å². The Hall–Kier alpha value is -2.00. The lowest BCUT2D eigenvalue weighted by molar-refractivity contribution is -0.385. The van der Waals surface area contributed by atoms with Crippen LogP contribution in [0.4, 0.5) is 10.1 Å². The fourth-order valence-electron chi connectivity index (χ4n) is 2.05. The van der Waals surface area contributed by atoms with Crippen LogP contribution in [0.3, 0.4) is 0 Å². The van der Waals surface area contributed by atoms with Gasteiger partial charge in [-0.1, -0.05) is 6.92 Å². The van der Waals surface area contributed by atoms with Crippen molar-refractivity contribution in [2.45, 2.75) is 45.6 Å². The molecule has 0 spiro atoms. The van der Waals surface area contributed by atoms with Crippen LogP contribution in [-0.4, -0.2) is 4.92 Å². The van der Waals surface area contributed by atoms with Crippen molar-refractivity contribution in [2.75, 3.05) is 0 Å². The summed E-state index contributed by atoms with van der Waals surface area (Å²) in [6.07, 6.45) is 1.52. The molecule has 21 heavy (non-hydrogen) atoms. The molecule has 0 saturated carbocycles. The fourth-order valence-corrected chi connectivity index (χ4v) is 2.05. The van der Waals surface area contributed by atoms with Crippen LogP contribution >= 0.6 is 0 Å². The molecule has 5 nitrogen and oxygen atoms in total. The minimum atomic E-state index is -1.07. The fraction of sp³-hybridized carbons (Fsp3) is 0.533. The zero-order valence-electron chi connectivity index (χ0n) is 12.5. The molecule has 0 radical (unpaired) electrons. The molecule has 0 aliphatic heterocycles. The van der Waals surface area contributed by atoms with Crippen LogP contribution < -0.4 is 5.73 Å². The van der Waals surface area contributed by atoms with Crippen LogP contribution in [0, 0.1) is 32.7 Å². The molecule has 0 aliphatic carbocycles. The first-order valence-corrected chi connectivity index (χ1v) is 6.80. The highest BCUT2D eigenvalue weighted by Crippen LogP contribution is 2.34. The van der Waals surface area contributed by atoms with Gasteiger partial charge in [-0.15, -0.1) is 0 Å². The summed E-state index contributed by atoms with van der Waals surface area (Å²) >= 11 is 0. The second-order valence-electron chi connectivity index (χ2n) is 5.86. The molecule has 0 aromatic heterocycles. The summed E-state index contributed by atoms with van der Waals surface area (Å²) in [7, 11) is 0. The standard InChI is InChI=1S/C15H20FN3O2/c1-4-14(2,10-17)7-8-15(3,18)12-9-11(19(20)21)5-6-13(12)16/h5-6,9H,4,7-8,18H2,1-3H3/t14?,15-/m0/s1. The highest BCUT2D eigenvalue weighted by atomic mass is 19.1. The number of nitrogens with two attached hydrogens (primary N) is 1. The van der Waals surface area contributed by atoms with Crippen molar-refractivity contribution >= 4 is 5.69 Å². The second kappa shape index (κ2) is 6.19. The Bertz CT molecular complexity index is 581. The predicted molar refractivity (Wildman–Crippen MR) is 77.8 cm³/mol. The molecule has 1 unspecified atom stereocenters. The molecule has 1 aromatic carbocycles. The molecule has 2 atom stereocenters.